The first-order valence-electron chi connectivity index (χ1n) is 12.9. The zero-order valence-electron chi connectivity index (χ0n) is 23.9. The maximum absolute atomic E-state index is 12.3. The number of carboxylic acid groups (broad SMARTS) is 1. The van der Waals surface area contributed by atoms with Crippen molar-refractivity contribution in [3.63, 3.8) is 0 Å². The van der Waals surface area contributed by atoms with Crippen LogP contribution in [-0.2, 0) is 19.6 Å². The van der Waals surface area contributed by atoms with E-state index >= 15 is 0 Å². The lowest BCUT2D eigenvalue weighted by atomic mass is 10.1. The Morgan fingerprint density at radius 3 is 2.48 bits per heavy atom. The maximum Gasteiger partial charge on any atom is 0.412 e. The highest BCUT2D eigenvalue weighted by Crippen LogP contribution is 2.33. The van der Waals surface area contributed by atoms with Crippen molar-refractivity contribution in [1.82, 2.24) is 9.71 Å². The molecule has 12 heteroatoms. The molecule has 2 amide bonds. The average Bonchev–Trinajstić information content (AvgIpc) is 2.84. The number of amides is 2. The highest BCUT2D eigenvalue weighted by molar-refractivity contribution is 7.90. The van der Waals surface area contributed by atoms with Crippen LogP contribution in [0.15, 0.2) is 36.5 Å². The van der Waals surface area contributed by atoms with Crippen molar-refractivity contribution >= 4 is 33.8 Å². The summed E-state index contributed by atoms with van der Waals surface area (Å²) in [5, 5.41) is 9.71. The van der Waals surface area contributed by atoms with E-state index in [1.165, 1.54) is 17.2 Å². The Balaban J connectivity index is 2.35. The second-order valence-electron chi connectivity index (χ2n) is 10.1. The van der Waals surface area contributed by atoms with Crippen LogP contribution in [0.25, 0.3) is 6.08 Å². The molecule has 0 aliphatic rings. The Bertz CT molecular complexity index is 1300. The molecule has 0 bridgehead atoms. The lowest BCUT2D eigenvalue weighted by molar-refractivity contribution is -0.114. The summed E-state index contributed by atoms with van der Waals surface area (Å²) in [6.07, 6.45) is 4.93. The fourth-order valence-electron chi connectivity index (χ4n) is 3.68. The molecule has 0 fully saturated rings. The lowest BCUT2D eigenvalue weighted by Crippen LogP contribution is -2.45. The molecular weight excluding hydrogens is 538 g/mol. The Morgan fingerprint density at radius 1 is 1.15 bits per heavy atom. The van der Waals surface area contributed by atoms with Crippen molar-refractivity contribution < 1.29 is 37.3 Å². The van der Waals surface area contributed by atoms with Crippen LogP contribution in [-0.4, -0.2) is 62.1 Å². The van der Waals surface area contributed by atoms with Gasteiger partial charge in [0.15, 0.2) is 0 Å². The highest BCUT2D eigenvalue weighted by atomic mass is 32.2. The molecule has 2 rings (SSSR count). The zero-order valence-corrected chi connectivity index (χ0v) is 24.7. The van der Waals surface area contributed by atoms with Gasteiger partial charge >= 0.3 is 6.09 Å². The highest BCUT2D eigenvalue weighted by Gasteiger charge is 2.28. The summed E-state index contributed by atoms with van der Waals surface area (Å²) >= 11 is 0. The third kappa shape index (κ3) is 10.2. The molecule has 1 aromatic carbocycles. The largest absolute Gasteiger partial charge is 0.491 e. The van der Waals surface area contributed by atoms with Crippen LogP contribution in [0.1, 0.15) is 58.1 Å². The molecule has 11 nitrogen and oxygen atoms in total. The fourth-order valence-corrected chi connectivity index (χ4v) is 4.75. The molecule has 1 aromatic heterocycles. The zero-order chi connectivity index (χ0) is 29.9. The van der Waals surface area contributed by atoms with Crippen molar-refractivity contribution in [3.05, 3.63) is 47.7 Å². The minimum Gasteiger partial charge on any atom is -0.491 e. The number of aromatic nitrogens is 1. The first-order valence-corrected chi connectivity index (χ1v) is 14.6. The number of sulfonamides is 1. The number of aryl methyl sites for hydroxylation is 1. The Morgan fingerprint density at radius 2 is 1.88 bits per heavy atom. The summed E-state index contributed by atoms with van der Waals surface area (Å²) in [4.78, 5) is 29.8. The van der Waals surface area contributed by atoms with Gasteiger partial charge in [-0.25, -0.2) is 22.9 Å². The summed E-state index contributed by atoms with van der Waals surface area (Å²) in [5.41, 5.74) is 0.728. The molecule has 2 aromatic rings. The number of carbonyl (C=O) groups is 2. The van der Waals surface area contributed by atoms with Crippen LogP contribution in [0.3, 0.4) is 0 Å². The molecular formula is C28H39N3O8S. The summed E-state index contributed by atoms with van der Waals surface area (Å²) in [7, 11) is -2.18. The molecule has 0 spiro atoms. The second kappa shape index (κ2) is 14.7. The Labute approximate surface area is 236 Å². The van der Waals surface area contributed by atoms with Gasteiger partial charge in [-0.2, -0.15) is 0 Å². The van der Waals surface area contributed by atoms with Gasteiger partial charge in [-0.3, -0.25) is 9.69 Å². The van der Waals surface area contributed by atoms with Gasteiger partial charge < -0.3 is 19.3 Å². The van der Waals surface area contributed by atoms with Crippen molar-refractivity contribution in [2.24, 2.45) is 0 Å². The molecule has 0 aliphatic carbocycles. The minimum absolute atomic E-state index is 0.127. The number of nitrogens with one attached hydrogen (secondary N) is 1. The molecule has 2 N–H and O–H groups in total. The van der Waals surface area contributed by atoms with Gasteiger partial charge in [0.25, 0.3) is 5.91 Å². The molecule has 0 saturated carbocycles. The van der Waals surface area contributed by atoms with Gasteiger partial charge in [0.2, 0.25) is 15.9 Å². The van der Waals surface area contributed by atoms with E-state index in [1.54, 1.807) is 59.1 Å². The van der Waals surface area contributed by atoms with Crippen molar-refractivity contribution in [2.45, 2.75) is 59.4 Å². The van der Waals surface area contributed by atoms with Crippen LogP contribution in [0, 0.1) is 6.92 Å². The number of carbonyl (C=O) groups excluding carboxylic acids is 1. The van der Waals surface area contributed by atoms with Gasteiger partial charge in [-0.15, -0.1) is 0 Å². The predicted molar refractivity (Wildman–Crippen MR) is 154 cm³/mol. The number of hydrogen-bond acceptors (Lipinski definition) is 8. The number of nitrogens with zero attached hydrogens (tertiary/aromatic N) is 2. The molecule has 0 radical (unpaired) electrons. The van der Waals surface area contributed by atoms with E-state index < -0.39 is 27.6 Å². The number of rotatable bonds is 14. The number of methoxy groups -OCH3 is 1. The van der Waals surface area contributed by atoms with Crippen LogP contribution < -0.4 is 19.1 Å². The van der Waals surface area contributed by atoms with E-state index in [9.17, 15) is 23.1 Å². The van der Waals surface area contributed by atoms with Crippen molar-refractivity contribution in [1.29, 1.82) is 0 Å². The van der Waals surface area contributed by atoms with Gasteiger partial charge in [-0.1, -0.05) is 19.8 Å². The van der Waals surface area contributed by atoms with E-state index in [4.69, 9.17) is 14.2 Å². The fraction of sp³-hybridized carbons (Fsp3) is 0.464. The van der Waals surface area contributed by atoms with Crippen molar-refractivity contribution in [3.8, 4) is 17.4 Å². The molecule has 220 valence electrons. The van der Waals surface area contributed by atoms with E-state index in [0.717, 1.165) is 18.9 Å². The van der Waals surface area contributed by atoms with Crippen LogP contribution in [0.4, 0.5) is 10.5 Å². The average molecular weight is 578 g/mol. The van der Waals surface area contributed by atoms with Crippen LogP contribution in [0.2, 0.25) is 0 Å². The van der Waals surface area contributed by atoms with Crippen LogP contribution in [0.5, 0.6) is 17.4 Å². The number of unbranched alkanes of at least 4 members (excludes halogenated alkanes) is 2. The molecule has 0 atom stereocenters. The summed E-state index contributed by atoms with van der Waals surface area (Å²) in [6.45, 7) is 9.71. The molecule has 0 saturated heterocycles. The smallest absolute Gasteiger partial charge is 0.412 e. The van der Waals surface area contributed by atoms with Gasteiger partial charge in [-0.05, 0) is 58.4 Å². The first-order chi connectivity index (χ1) is 18.8. The lowest BCUT2D eigenvalue weighted by Gasteiger charge is -2.33. The number of ether oxygens (including phenoxy) is 3. The molecule has 0 unspecified atom stereocenters. The first kappa shape index (κ1) is 32.6. The summed E-state index contributed by atoms with van der Waals surface area (Å²) < 4.78 is 43.1. The Hall–Kier alpha value is -3.64. The molecule has 0 aliphatic heterocycles. The van der Waals surface area contributed by atoms with Crippen LogP contribution >= 0.6 is 0 Å². The maximum atomic E-state index is 12.3. The quantitative estimate of drug-likeness (QED) is 0.230. The summed E-state index contributed by atoms with van der Waals surface area (Å²) in [5.74, 6) is 0.0787. The molecule has 40 heavy (non-hydrogen) atoms. The monoisotopic (exact) mass is 577 g/mol. The van der Waals surface area contributed by atoms with E-state index in [-0.39, 0.29) is 11.6 Å². The topological polar surface area (TPSA) is 144 Å². The Kier molecular flexibility index (Phi) is 11.9. The minimum atomic E-state index is -3.74. The number of pyridine rings is 1. The van der Waals surface area contributed by atoms with E-state index in [0.29, 0.717) is 47.9 Å². The van der Waals surface area contributed by atoms with Gasteiger partial charge in [0.1, 0.15) is 18.1 Å². The predicted octanol–water partition coefficient (Wildman–Crippen LogP) is 5.14. The normalized spacial score (nSPS) is 11.8. The summed E-state index contributed by atoms with van der Waals surface area (Å²) in [6, 6.07) is 6.61. The standard InChI is InChI=1S/C28H39N3O8S/c1-7-8-9-16-40(35,36)30-25(32)13-11-21-10-12-23(38-15-14-37-6)18-24(21)39-26-20(2)17-22(19-29-26)31(27(33)34)28(3,4)5/h10-13,17-19H,7-9,14-16H2,1-6H3,(H,30,32)(H,33,34)/b13-11+. The van der Waals surface area contributed by atoms with Gasteiger partial charge in [0, 0.05) is 35.9 Å². The second-order valence-corrected chi connectivity index (χ2v) is 11.9. The van der Waals surface area contributed by atoms with E-state index in [1.807, 2.05) is 11.6 Å². The SMILES string of the molecule is CCCCCS(=O)(=O)NC(=O)/C=C/c1ccc(OCCOC)cc1Oc1ncc(N(C(=O)O)C(C)(C)C)cc1C. The third-order valence-electron chi connectivity index (χ3n) is 5.57. The van der Waals surface area contributed by atoms with E-state index in [2.05, 4.69) is 4.98 Å². The third-order valence-corrected chi connectivity index (χ3v) is 6.91. The van der Waals surface area contributed by atoms with Gasteiger partial charge in [0.05, 0.1) is 24.2 Å². The number of anilines is 1. The van der Waals surface area contributed by atoms with Crippen molar-refractivity contribution in [2.75, 3.05) is 31.0 Å². The number of benzene rings is 1. The number of hydrogen-bond donors (Lipinski definition) is 2. The molecule has 1 heterocycles.